The Morgan fingerprint density at radius 1 is 1.50 bits per heavy atom. The van der Waals surface area contributed by atoms with E-state index in [9.17, 15) is 9.90 Å². The van der Waals surface area contributed by atoms with Gasteiger partial charge in [0.15, 0.2) is 5.60 Å². The maximum Gasteiger partial charge on any atom is 0.335 e. The molecule has 4 nitrogen and oxygen atoms in total. The van der Waals surface area contributed by atoms with Crippen molar-refractivity contribution in [1.82, 2.24) is 4.90 Å². The summed E-state index contributed by atoms with van der Waals surface area (Å²) < 4.78 is 0. The Morgan fingerprint density at radius 2 is 1.92 bits per heavy atom. The predicted octanol–water partition coefficient (Wildman–Crippen LogP) is 0.196. The number of carbonyl (C=O) groups is 1. The van der Waals surface area contributed by atoms with Gasteiger partial charge >= 0.3 is 5.97 Å². The van der Waals surface area contributed by atoms with Gasteiger partial charge in [0, 0.05) is 6.54 Å². The van der Waals surface area contributed by atoms with Crippen LogP contribution in [-0.2, 0) is 4.79 Å². The van der Waals surface area contributed by atoms with Crippen LogP contribution < -0.4 is 0 Å². The molecule has 0 aliphatic heterocycles. The zero-order valence-electron chi connectivity index (χ0n) is 7.57. The molecule has 0 aromatic heterocycles. The SMILES string of the molecule is CN(C)CCC(C)(O)C(=O)O.Cl. The summed E-state index contributed by atoms with van der Waals surface area (Å²) in [5.41, 5.74) is -1.59. The van der Waals surface area contributed by atoms with Crippen molar-refractivity contribution >= 4 is 18.4 Å². The number of nitrogens with zero attached hydrogens (tertiary/aromatic N) is 1. The molecular formula is C7H16ClNO3. The van der Waals surface area contributed by atoms with Crippen LogP contribution in [0.5, 0.6) is 0 Å². The molecular weight excluding hydrogens is 182 g/mol. The molecule has 0 radical (unpaired) electrons. The largest absolute Gasteiger partial charge is 0.479 e. The summed E-state index contributed by atoms with van der Waals surface area (Å²) in [5.74, 6) is -1.17. The lowest BCUT2D eigenvalue weighted by Crippen LogP contribution is -2.37. The first-order valence-electron chi connectivity index (χ1n) is 3.47. The monoisotopic (exact) mass is 197 g/mol. The van der Waals surface area contributed by atoms with Crippen molar-refractivity contribution in [1.29, 1.82) is 0 Å². The molecule has 0 spiro atoms. The van der Waals surface area contributed by atoms with Gasteiger partial charge in [-0.3, -0.25) is 0 Å². The van der Waals surface area contributed by atoms with Gasteiger partial charge in [-0.1, -0.05) is 0 Å². The van der Waals surface area contributed by atoms with E-state index < -0.39 is 11.6 Å². The van der Waals surface area contributed by atoms with Gasteiger partial charge in [0.1, 0.15) is 0 Å². The van der Waals surface area contributed by atoms with E-state index in [4.69, 9.17) is 5.11 Å². The Labute approximate surface area is 78.6 Å². The average molecular weight is 198 g/mol. The molecule has 0 aliphatic carbocycles. The molecule has 0 aliphatic rings. The third kappa shape index (κ3) is 5.35. The second-order valence-corrected chi connectivity index (χ2v) is 3.13. The highest BCUT2D eigenvalue weighted by molar-refractivity contribution is 5.85. The topological polar surface area (TPSA) is 60.8 Å². The second kappa shape index (κ2) is 5.35. The third-order valence-corrected chi connectivity index (χ3v) is 1.51. The van der Waals surface area contributed by atoms with Crippen molar-refractivity contribution in [2.24, 2.45) is 0 Å². The summed E-state index contributed by atoms with van der Waals surface area (Å²) in [6.45, 7) is 1.87. The standard InChI is InChI=1S/C7H15NO3.ClH/c1-7(11,6(9)10)4-5-8(2)3;/h11H,4-5H2,1-3H3,(H,9,10);1H. The Kier molecular flexibility index (Phi) is 6.34. The summed E-state index contributed by atoms with van der Waals surface area (Å²) in [6.07, 6.45) is 0.245. The van der Waals surface area contributed by atoms with Crippen molar-refractivity contribution in [3.8, 4) is 0 Å². The molecule has 2 N–H and O–H groups in total. The van der Waals surface area contributed by atoms with Gasteiger partial charge < -0.3 is 15.1 Å². The highest BCUT2D eigenvalue weighted by Crippen LogP contribution is 2.08. The fourth-order valence-electron chi connectivity index (χ4n) is 0.548. The molecule has 0 bridgehead atoms. The fraction of sp³-hybridized carbons (Fsp3) is 0.857. The maximum atomic E-state index is 10.4. The van der Waals surface area contributed by atoms with Gasteiger partial charge in [-0.25, -0.2) is 4.79 Å². The van der Waals surface area contributed by atoms with Crippen LogP contribution in [0.1, 0.15) is 13.3 Å². The predicted molar refractivity (Wildman–Crippen MR) is 48.7 cm³/mol. The van der Waals surface area contributed by atoms with Gasteiger partial charge in [0.2, 0.25) is 0 Å². The van der Waals surface area contributed by atoms with Gasteiger partial charge in [-0.2, -0.15) is 0 Å². The number of hydrogen-bond donors (Lipinski definition) is 2. The van der Waals surface area contributed by atoms with Crippen molar-refractivity contribution in [2.45, 2.75) is 18.9 Å². The van der Waals surface area contributed by atoms with Gasteiger partial charge in [0.05, 0.1) is 0 Å². The third-order valence-electron chi connectivity index (χ3n) is 1.51. The molecule has 0 aromatic carbocycles. The van der Waals surface area contributed by atoms with E-state index in [-0.39, 0.29) is 18.8 Å². The van der Waals surface area contributed by atoms with Crippen LogP contribution in [0.3, 0.4) is 0 Å². The molecule has 0 heterocycles. The van der Waals surface area contributed by atoms with E-state index in [0.29, 0.717) is 6.54 Å². The number of carboxylic acids is 1. The van der Waals surface area contributed by atoms with E-state index in [2.05, 4.69) is 0 Å². The van der Waals surface area contributed by atoms with Crippen LogP contribution >= 0.6 is 12.4 Å². The second-order valence-electron chi connectivity index (χ2n) is 3.13. The molecule has 1 atom stereocenters. The van der Waals surface area contributed by atoms with Gasteiger partial charge in [-0.05, 0) is 27.4 Å². The number of rotatable bonds is 4. The van der Waals surface area contributed by atoms with Crippen molar-refractivity contribution < 1.29 is 15.0 Å². The first-order valence-corrected chi connectivity index (χ1v) is 3.47. The molecule has 0 saturated carbocycles. The molecule has 5 heteroatoms. The first kappa shape index (κ1) is 14.2. The first-order chi connectivity index (χ1) is 4.86. The Bertz CT molecular complexity index is 148. The minimum atomic E-state index is -1.59. The quantitative estimate of drug-likeness (QED) is 0.676. The Morgan fingerprint density at radius 3 is 2.17 bits per heavy atom. The highest BCUT2D eigenvalue weighted by Gasteiger charge is 2.29. The summed E-state index contributed by atoms with van der Waals surface area (Å²) in [7, 11) is 3.66. The van der Waals surface area contributed by atoms with Crippen LogP contribution in [0, 0.1) is 0 Å². The number of halogens is 1. The lowest BCUT2D eigenvalue weighted by Gasteiger charge is -2.19. The van der Waals surface area contributed by atoms with E-state index >= 15 is 0 Å². The van der Waals surface area contributed by atoms with E-state index in [1.165, 1.54) is 6.92 Å². The summed E-state index contributed by atoms with van der Waals surface area (Å²) in [4.78, 5) is 12.2. The zero-order chi connectivity index (χ0) is 9.07. The molecule has 0 fully saturated rings. The van der Waals surface area contributed by atoms with Gasteiger partial charge in [0.25, 0.3) is 0 Å². The Hall–Kier alpha value is -0.320. The Balaban J connectivity index is 0. The van der Waals surface area contributed by atoms with E-state index in [1.54, 1.807) is 0 Å². The van der Waals surface area contributed by atoms with Crippen LogP contribution in [0.2, 0.25) is 0 Å². The van der Waals surface area contributed by atoms with Crippen LogP contribution in [-0.4, -0.2) is 47.3 Å². The molecule has 0 rings (SSSR count). The summed E-state index contributed by atoms with van der Waals surface area (Å²) in [5, 5.41) is 17.7. The number of hydrogen-bond acceptors (Lipinski definition) is 3. The molecule has 0 aromatic rings. The van der Waals surface area contributed by atoms with Crippen LogP contribution in [0.25, 0.3) is 0 Å². The van der Waals surface area contributed by atoms with Gasteiger partial charge in [-0.15, -0.1) is 12.4 Å². The van der Waals surface area contributed by atoms with Crippen molar-refractivity contribution in [2.75, 3.05) is 20.6 Å². The zero-order valence-corrected chi connectivity index (χ0v) is 8.39. The maximum absolute atomic E-state index is 10.4. The fourth-order valence-corrected chi connectivity index (χ4v) is 0.548. The lowest BCUT2D eigenvalue weighted by molar-refractivity contribution is -0.157. The number of aliphatic hydroxyl groups is 1. The molecule has 0 amide bonds. The lowest BCUT2D eigenvalue weighted by atomic mass is 10.0. The molecule has 74 valence electrons. The number of carboxylic acid groups (broad SMARTS) is 1. The number of aliphatic carboxylic acids is 1. The van der Waals surface area contributed by atoms with Crippen LogP contribution in [0.4, 0.5) is 0 Å². The van der Waals surface area contributed by atoms with Crippen molar-refractivity contribution in [3.05, 3.63) is 0 Å². The smallest absolute Gasteiger partial charge is 0.335 e. The van der Waals surface area contributed by atoms with Crippen molar-refractivity contribution in [3.63, 3.8) is 0 Å². The molecule has 12 heavy (non-hydrogen) atoms. The summed E-state index contributed by atoms with van der Waals surface area (Å²) >= 11 is 0. The molecule has 0 saturated heterocycles. The normalized spacial score (nSPS) is 15.1. The average Bonchev–Trinajstić information content (AvgIpc) is 1.84. The highest BCUT2D eigenvalue weighted by atomic mass is 35.5. The summed E-state index contributed by atoms with van der Waals surface area (Å²) in [6, 6.07) is 0. The minimum absolute atomic E-state index is 0. The minimum Gasteiger partial charge on any atom is -0.479 e. The van der Waals surface area contributed by atoms with E-state index in [1.807, 2.05) is 19.0 Å². The molecule has 1 unspecified atom stereocenters. The van der Waals surface area contributed by atoms with Crippen LogP contribution in [0.15, 0.2) is 0 Å². The van der Waals surface area contributed by atoms with E-state index in [0.717, 1.165) is 0 Å².